The summed E-state index contributed by atoms with van der Waals surface area (Å²) in [7, 11) is 0. The molecule has 0 unspecified atom stereocenters. The van der Waals surface area contributed by atoms with Gasteiger partial charge in [-0.15, -0.1) is 0 Å². The molecule has 0 radical (unpaired) electrons. The van der Waals surface area contributed by atoms with E-state index in [1.165, 1.54) is 6.20 Å². The summed E-state index contributed by atoms with van der Waals surface area (Å²) < 4.78 is 11.0. The molecule has 1 aliphatic heterocycles. The van der Waals surface area contributed by atoms with E-state index in [9.17, 15) is 4.79 Å². The number of amides is 2. The zero-order chi connectivity index (χ0) is 17.6. The van der Waals surface area contributed by atoms with E-state index in [-0.39, 0.29) is 12.1 Å². The standard InChI is InChI=1S/C18H18N4O3/c1-2-24-15-6-4-14(5-7-15)21-18(23)22-11-16(12-22)25-17-8-3-13(9-19)10-20-17/h3-8,10,16H,2,11-12H2,1H3,(H,21,23). The Kier molecular flexibility index (Phi) is 5.00. The van der Waals surface area contributed by atoms with Gasteiger partial charge in [0.2, 0.25) is 5.88 Å². The number of carbonyl (C=O) groups is 1. The average molecular weight is 338 g/mol. The molecule has 7 heteroatoms. The van der Waals surface area contributed by atoms with Gasteiger partial charge >= 0.3 is 6.03 Å². The van der Waals surface area contributed by atoms with E-state index in [0.717, 1.165) is 5.75 Å². The normalized spacial score (nSPS) is 13.5. The molecule has 0 spiro atoms. The van der Waals surface area contributed by atoms with Gasteiger partial charge in [-0.25, -0.2) is 9.78 Å². The zero-order valence-corrected chi connectivity index (χ0v) is 13.8. The fourth-order valence-electron chi connectivity index (χ4n) is 2.37. The van der Waals surface area contributed by atoms with Crippen LogP contribution in [0.3, 0.4) is 0 Å². The summed E-state index contributed by atoms with van der Waals surface area (Å²) in [5, 5.41) is 11.6. The van der Waals surface area contributed by atoms with E-state index < -0.39 is 0 Å². The van der Waals surface area contributed by atoms with Crippen molar-refractivity contribution in [3.05, 3.63) is 48.2 Å². The third-order valence-corrected chi connectivity index (χ3v) is 3.70. The summed E-state index contributed by atoms with van der Waals surface area (Å²) >= 11 is 0. The fraction of sp³-hybridized carbons (Fsp3) is 0.278. The van der Waals surface area contributed by atoms with Crippen LogP contribution in [-0.4, -0.2) is 41.7 Å². The smallest absolute Gasteiger partial charge is 0.322 e. The number of nitrogens with one attached hydrogen (secondary N) is 1. The van der Waals surface area contributed by atoms with Crippen LogP contribution >= 0.6 is 0 Å². The highest BCUT2D eigenvalue weighted by Crippen LogP contribution is 2.19. The van der Waals surface area contributed by atoms with Gasteiger partial charge in [0.15, 0.2) is 0 Å². The summed E-state index contributed by atoms with van der Waals surface area (Å²) in [6, 6.07) is 12.4. The van der Waals surface area contributed by atoms with Gasteiger partial charge in [-0.05, 0) is 37.3 Å². The molecule has 0 saturated carbocycles. The van der Waals surface area contributed by atoms with Crippen LogP contribution in [0.5, 0.6) is 11.6 Å². The number of likely N-dealkylation sites (tertiary alicyclic amines) is 1. The van der Waals surface area contributed by atoms with Crippen molar-refractivity contribution in [2.75, 3.05) is 25.0 Å². The number of nitriles is 1. The van der Waals surface area contributed by atoms with E-state index in [0.29, 0.717) is 36.8 Å². The molecule has 1 aromatic carbocycles. The molecule has 2 heterocycles. The quantitative estimate of drug-likeness (QED) is 0.905. The van der Waals surface area contributed by atoms with Crippen LogP contribution in [0, 0.1) is 11.3 Å². The second-order valence-corrected chi connectivity index (χ2v) is 5.53. The Morgan fingerprint density at radius 2 is 2.08 bits per heavy atom. The Balaban J connectivity index is 1.45. The number of urea groups is 1. The van der Waals surface area contributed by atoms with Crippen molar-refractivity contribution in [3.8, 4) is 17.7 Å². The third kappa shape index (κ3) is 4.18. The van der Waals surface area contributed by atoms with Gasteiger partial charge in [0.05, 0.1) is 25.3 Å². The number of hydrogen-bond acceptors (Lipinski definition) is 5. The summed E-state index contributed by atoms with van der Waals surface area (Å²) in [6.45, 7) is 3.51. The molecule has 7 nitrogen and oxygen atoms in total. The number of nitrogens with zero attached hydrogens (tertiary/aromatic N) is 3. The highest BCUT2D eigenvalue weighted by molar-refractivity contribution is 5.90. The number of rotatable bonds is 5. The number of hydrogen-bond donors (Lipinski definition) is 1. The van der Waals surface area contributed by atoms with Crippen molar-refractivity contribution < 1.29 is 14.3 Å². The molecule has 2 aromatic rings. The summed E-state index contributed by atoms with van der Waals surface area (Å²) in [6.07, 6.45) is 1.37. The average Bonchev–Trinajstić information content (AvgIpc) is 2.60. The van der Waals surface area contributed by atoms with E-state index in [1.807, 2.05) is 25.1 Å². The highest BCUT2D eigenvalue weighted by Gasteiger charge is 2.32. The molecule has 25 heavy (non-hydrogen) atoms. The molecule has 2 amide bonds. The van der Waals surface area contributed by atoms with Gasteiger partial charge in [-0.1, -0.05) is 0 Å². The molecular formula is C18H18N4O3. The maximum absolute atomic E-state index is 12.2. The third-order valence-electron chi connectivity index (χ3n) is 3.70. The lowest BCUT2D eigenvalue weighted by Gasteiger charge is -2.38. The van der Waals surface area contributed by atoms with Crippen LogP contribution in [0.4, 0.5) is 10.5 Å². The summed E-state index contributed by atoms with van der Waals surface area (Å²) in [5.74, 6) is 1.23. The lowest BCUT2D eigenvalue weighted by molar-refractivity contribution is 0.0461. The van der Waals surface area contributed by atoms with Crippen molar-refractivity contribution in [2.24, 2.45) is 0 Å². The lowest BCUT2D eigenvalue weighted by atomic mass is 10.2. The SMILES string of the molecule is CCOc1ccc(NC(=O)N2CC(Oc3ccc(C#N)cn3)C2)cc1. The van der Waals surface area contributed by atoms with Gasteiger partial charge in [0.25, 0.3) is 0 Å². The van der Waals surface area contributed by atoms with Gasteiger partial charge < -0.3 is 19.7 Å². The van der Waals surface area contributed by atoms with Gasteiger partial charge in [-0.2, -0.15) is 5.26 Å². The van der Waals surface area contributed by atoms with Gasteiger partial charge in [0.1, 0.15) is 17.9 Å². The molecule has 0 aliphatic carbocycles. The van der Waals surface area contributed by atoms with Crippen molar-refractivity contribution in [1.29, 1.82) is 5.26 Å². The Hall–Kier alpha value is -3.27. The first-order valence-electron chi connectivity index (χ1n) is 7.99. The van der Waals surface area contributed by atoms with Crippen LogP contribution < -0.4 is 14.8 Å². The Morgan fingerprint density at radius 1 is 1.32 bits per heavy atom. The van der Waals surface area contributed by atoms with E-state index in [4.69, 9.17) is 14.7 Å². The van der Waals surface area contributed by atoms with Gasteiger partial charge in [0, 0.05) is 18.0 Å². The Bertz CT molecular complexity index is 762. The van der Waals surface area contributed by atoms with Crippen molar-refractivity contribution in [3.63, 3.8) is 0 Å². The fourth-order valence-corrected chi connectivity index (χ4v) is 2.37. The zero-order valence-electron chi connectivity index (χ0n) is 13.8. The number of aromatic nitrogens is 1. The first-order valence-corrected chi connectivity index (χ1v) is 7.99. The molecule has 1 fully saturated rings. The number of pyridine rings is 1. The molecule has 3 rings (SSSR count). The Labute approximate surface area is 145 Å². The minimum Gasteiger partial charge on any atom is -0.494 e. The van der Waals surface area contributed by atoms with E-state index in [2.05, 4.69) is 10.3 Å². The maximum atomic E-state index is 12.2. The second kappa shape index (κ2) is 7.53. The number of ether oxygens (including phenoxy) is 2. The van der Waals surface area contributed by atoms with E-state index in [1.54, 1.807) is 29.2 Å². The minimum atomic E-state index is -0.170. The largest absolute Gasteiger partial charge is 0.494 e. The van der Waals surface area contributed by atoms with Crippen molar-refractivity contribution in [1.82, 2.24) is 9.88 Å². The predicted molar refractivity (Wildman–Crippen MR) is 91.6 cm³/mol. The molecule has 128 valence electrons. The lowest BCUT2D eigenvalue weighted by Crippen LogP contribution is -2.57. The van der Waals surface area contributed by atoms with Crippen LogP contribution in [0.15, 0.2) is 42.6 Å². The molecule has 1 saturated heterocycles. The molecule has 0 bridgehead atoms. The summed E-state index contributed by atoms with van der Waals surface area (Å²) in [4.78, 5) is 17.9. The van der Waals surface area contributed by atoms with Crippen LogP contribution in [0.1, 0.15) is 12.5 Å². The molecule has 1 N–H and O–H groups in total. The van der Waals surface area contributed by atoms with Crippen LogP contribution in [-0.2, 0) is 0 Å². The molecule has 1 aliphatic rings. The predicted octanol–water partition coefficient (Wildman–Crippen LogP) is 2.65. The molecular weight excluding hydrogens is 320 g/mol. The van der Waals surface area contributed by atoms with E-state index >= 15 is 0 Å². The topological polar surface area (TPSA) is 87.5 Å². The maximum Gasteiger partial charge on any atom is 0.322 e. The highest BCUT2D eigenvalue weighted by atomic mass is 16.5. The number of anilines is 1. The number of benzene rings is 1. The monoisotopic (exact) mass is 338 g/mol. The first-order chi connectivity index (χ1) is 12.2. The summed E-state index contributed by atoms with van der Waals surface area (Å²) in [5.41, 5.74) is 1.20. The van der Waals surface area contributed by atoms with Crippen molar-refractivity contribution >= 4 is 11.7 Å². The second-order valence-electron chi connectivity index (χ2n) is 5.53. The van der Waals surface area contributed by atoms with Crippen LogP contribution in [0.2, 0.25) is 0 Å². The first kappa shape index (κ1) is 16.6. The number of carbonyl (C=O) groups excluding carboxylic acids is 1. The minimum absolute atomic E-state index is 0.0912. The van der Waals surface area contributed by atoms with Gasteiger partial charge in [-0.3, -0.25) is 0 Å². The molecule has 0 atom stereocenters. The van der Waals surface area contributed by atoms with Crippen LogP contribution in [0.25, 0.3) is 0 Å². The Morgan fingerprint density at radius 3 is 2.68 bits per heavy atom. The molecule has 1 aromatic heterocycles. The van der Waals surface area contributed by atoms with Crippen molar-refractivity contribution in [2.45, 2.75) is 13.0 Å².